The topological polar surface area (TPSA) is 80.2 Å². The zero-order valence-electron chi connectivity index (χ0n) is 18.5. The van der Waals surface area contributed by atoms with Crippen molar-refractivity contribution in [2.45, 2.75) is 65.5 Å². The second-order valence-corrected chi connectivity index (χ2v) is 8.82. The summed E-state index contributed by atoms with van der Waals surface area (Å²) < 4.78 is 6.02. The fraction of sp³-hybridized carbons (Fsp3) is 0.565. The van der Waals surface area contributed by atoms with E-state index < -0.39 is 0 Å². The van der Waals surface area contributed by atoms with Gasteiger partial charge in [-0.05, 0) is 77.9 Å². The zero-order chi connectivity index (χ0) is 21.0. The molecule has 0 radical (unpaired) electrons. The lowest BCUT2D eigenvalue weighted by molar-refractivity contribution is 0.172. The number of nitrogen functional groups attached to an aromatic ring is 1. The van der Waals surface area contributed by atoms with Crippen molar-refractivity contribution < 1.29 is 4.42 Å². The third kappa shape index (κ3) is 5.25. The molecule has 158 valence electrons. The first-order valence-electron chi connectivity index (χ1n) is 10.7. The number of rotatable bonds is 9. The number of fused-ring (bicyclic) bond motifs is 3. The van der Waals surface area contributed by atoms with Crippen molar-refractivity contribution in [1.29, 1.82) is 0 Å². The molecule has 2 aromatic heterocycles. The van der Waals surface area contributed by atoms with Crippen LogP contribution in [0.4, 0.5) is 5.82 Å². The summed E-state index contributed by atoms with van der Waals surface area (Å²) in [5.41, 5.74) is 9.92. The summed E-state index contributed by atoms with van der Waals surface area (Å²) in [6.07, 6.45) is 4.68. The number of benzene rings is 1. The molecule has 3 N–H and O–H groups in total. The van der Waals surface area contributed by atoms with Crippen LogP contribution in [0.1, 0.15) is 58.4 Å². The molecular weight excluding hydrogens is 362 g/mol. The van der Waals surface area contributed by atoms with Gasteiger partial charge in [0.25, 0.3) is 0 Å². The number of nitrogens with zero attached hydrogens (tertiary/aromatic N) is 3. The Morgan fingerprint density at radius 3 is 2.66 bits per heavy atom. The van der Waals surface area contributed by atoms with E-state index in [-0.39, 0.29) is 5.54 Å². The van der Waals surface area contributed by atoms with Crippen LogP contribution in [0.5, 0.6) is 0 Å². The molecule has 6 heteroatoms. The van der Waals surface area contributed by atoms with Gasteiger partial charge in [0.15, 0.2) is 16.9 Å². The average Bonchev–Trinajstić information content (AvgIpc) is 3.11. The van der Waals surface area contributed by atoms with Crippen molar-refractivity contribution in [3.05, 3.63) is 29.7 Å². The molecule has 0 saturated carbocycles. The molecule has 0 saturated heterocycles. The Morgan fingerprint density at radius 1 is 1.14 bits per heavy atom. The fourth-order valence-corrected chi connectivity index (χ4v) is 3.42. The highest BCUT2D eigenvalue weighted by Gasteiger charge is 2.16. The van der Waals surface area contributed by atoms with Gasteiger partial charge in [0.2, 0.25) is 5.89 Å². The minimum Gasteiger partial charge on any atom is -0.438 e. The molecule has 0 fully saturated rings. The molecule has 1 aromatic carbocycles. The molecule has 0 unspecified atom stereocenters. The van der Waals surface area contributed by atoms with Crippen molar-refractivity contribution >= 4 is 27.8 Å². The van der Waals surface area contributed by atoms with Gasteiger partial charge in [0.1, 0.15) is 0 Å². The van der Waals surface area contributed by atoms with Crippen LogP contribution in [0.15, 0.2) is 22.6 Å². The Balaban J connectivity index is 1.69. The second-order valence-electron chi connectivity index (χ2n) is 8.82. The molecule has 0 aliphatic carbocycles. The normalized spacial score (nSPS) is 12.5. The maximum absolute atomic E-state index is 6.11. The number of hydrogen-bond acceptors (Lipinski definition) is 6. The summed E-state index contributed by atoms with van der Waals surface area (Å²) >= 11 is 0. The van der Waals surface area contributed by atoms with Crippen molar-refractivity contribution in [3.8, 4) is 0 Å². The summed E-state index contributed by atoms with van der Waals surface area (Å²) in [6, 6.07) is 6.38. The first kappa shape index (κ1) is 21.5. The van der Waals surface area contributed by atoms with Gasteiger partial charge in [-0.25, -0.2) is 9.97 Å². The van der Waals surface area contributed by atoms with Crippen molar-refractivity contribution in [3.63, 3.8) is 0 Å². The van der Waals surface area contributed by atoms with E-state index in [1.807, 2.05) is 6.07 Å². The third-order valence-electron chi connectivity index (χ3n) is 5.59. The van der Waals surface area contributed by atoms with Crippen molar-refractivity contribution in [2.24, 2.45) is 0 Å². The zero-order valence-corrected chi connectivity index (χ0v) is 18.5. The molecule has 0 bridgehead atoms. The van der Waals surface area contributed by atoms with E-state index >= 15 is 0 Å². The van der Waals surface area contributed by atoms with E-state index in [1.165, 1.54) is 24.8 Å². The molecule has 0 spiro atoms. The highest BCUT2D eigenvalue weighted by molar-refractivity contribution is 6.05. The minimum atomic E-state index is 0.237. The number of hydrogen-bond donors (Lipinski definition) is 2. The van der Waals surface area contributed by atoms with Gasteiger partial charge >= 0.3 is 0 Å². The van der Waals surface area contributed by atoms with E-state index in [2.05, 4.69) is 67.1 Å². The lowest BCUT2D eigenvalue weighted by Crippen LogP contribution is -2.38. The number of unbranched alkanes of at least 4 members (excludes halogenated alkanes) is 2. The molecular formula is C23H35N5O. The monoisotopic (exact) mass is 397 g/mol. The van der Waals surface area contributed by atoms with Crippen LogP contribution in [-0.2, 0) is 13.0 Å². The lowest BCUT2D eigenvalue weighted by Gasteiger charge is -2.31. The highest BCUT2D eigenvalue weighted by atomic mass is 16.3. The number of nitrogens with one attached hydrogen (secondary N) is 1. The Morgan fingerprint density at radius 2 is 1.93 bits per heavy atom. The maximum Gasteiger partial charge on any atom is 0.209 e. The van der Waals surface area contributed by atoms with Gasteiger partial charge in [-0.1, -0.05) is 19.4 Å². The summed E-state index contributed by atoms with van der Waals surface area (Å²) in [6.45, 7) is 11.4. The predicted molar refractivity (Wildman–Crippen MR) is 121 cm³/mol. The summed E-state index contributed by atoms with van der Waals surface area (Å²) in [5.74, 6) is 1.07. The van der Waals surface area contributed by atoms with E-state index in [9.17, 15) is 0 Å². The van der Waals surface area contributed by atoms with E-state index in [1.54, 1.807) is 0 Å². The summed E-state index contributed by atoms with van der Waals surface area (Å²) in [5, 5.41) is 4.24. The number of oxazole rings is 1. The van der Waals surface area contributed by atoms with Crippen LogP contribution in [0.25, 0.3) is 22.0 Å². The smallest absolute Gasteiger partial charge is 0.209 e. The van der Waals surface area contributed by atoms with Gasteiger partial charge in [0.05, 0.1) is 12.1 Å². The van der Waals surface area contributed by atoms with Crippen molar-refractivity contribution in [2.75, 3.05) is 25.9 Å². The molecule has 2 heterocycles. The van der Waals surface area contributed by atoms with Gasteiger partial charge in [-0.3, -0.25) is 0 Å². The SMILES string of the molecule is CCNCc1nc2c(N)nc3ccc(CCCCCN(C)C(C)(C)C)cc3c2o1. The minimum absolute atomic E-state index is 0.237. The Kier molecular flexibility index (Phi) is 6.75. The number of aromatic nitrogens is 2. The molecule has 0 amide bonds. The predicted octanol–water partition coefficient (Wildman–Crippen LogP) is 4.51. The summed E-state index contributed by atoms with van der Waals surface area (Å²) in [4.78, 5) is 11.5. The molecule has 0 aliphatic heterocycles. The Labute approximate surface area is 173 Å². The summed E-state index contributed by atoms with van der Waals surface area (Å²) in [7, 11) is 2.20. The molecule has 6 nitrogen and oxygen atoms in total. The average molecular weight is 398 g/mol. The Bertz CT molecular complexity index is 957. The standard InChI is InChI=1S/C23H35N5O/c1-6-25-15-19-27-20-21(29-19)17-14-16(11-12-18(17)26-22(20)24)10-8-7-9-13-28(5)23(2,3)4/h11-12,14,25H,6-10,13,15H2,1-5H3,(H2,24,26). The largest absolute Gasteiger partial charge is 0.438 e. The lowest BCUT2D eigenvalue weighted by atomic mass is 10.0. The van der Waals surface area contributed by atoms with Crippen LogP contribution in [0.2, 0.25) is 0 Å². The van der Waals surface area contributed by atoms with Crippen LogP contribution < -0.4 is 11.1 Å². The molecule has 3 aromatic rings. The molecule has 0 aliphatic rings. The molecule has 0 atom stereocenters. The van der Waals surface area contributed by atoms with Gasteiger partial charge < -0.3 is 20.4 Å². The van der Waals surface area contributed by atoms with E-state index in [4.69, 9.17) is 10.2 Å². The van der Waals surface area contributed by atoms with Gasteiger partial charge in [0, 0.05) is 10.9 Å². The number of aryl methyl sites for hydroxylation is 1. The fourth-order valence-electron chi connectivity index (χ4n) is 3.42. The van der Waals surface area contributed by atoms with E-state index in [0.717, 1.165) is 36.0 Å². The van der Waals surface area contributed by atoms with Crippen LogP contribution in [0.3, 0.4) is 0 Å². The molecule has 29 heavy (non-hydrogen) atoms. The first-order valence-corrected chi connectivity index (χ1v) is 10.7. The third-order valence-corrected chi connectivity index (χ3v) is 5.59. The van der Waals surface area contributed by atoms with Gasteiger partial charge in [-0.2, -0.15) is 0 Å². The van der Waals surface area contributed by atoms with Crippen LogP contribution in [-0.4, -0.2) is 40.5 Å². The molecule has 3 rings (SSSR count). The maximum atomic E-state index is 6.11. The van der Waals surface area contributed by atoms with Crippen LogP contribution in [0, 0.1) is 0 Å². The Hall–Kier alpha value is -2.18. The van der Waals surface area contributed by atoms with Crippen LogP contribution >= 0.6 is 0 Å². The quantitative estimate of drug-likeness (QED) is 0.517. The second kappa shape index (κ2) is 9.09. The van der Waals surface area contributed by atoms with Crippen molar-refractivity contribution in [1.82, 2.24) is 20.2 Å². The van der Waals surface area contributed by atoms with E-state index in [0.29, 0.717) is 23.8 Å². The van der Waals surface area contributed by atoms with Gasteiger partial charge in [-0.15, -0.1) is 0 Å². The highest BCUT2D eigenvalue weighted by Crippen LogP contribution is 2.29. The number of pyridine rings is 1. The number of nitrogens with two attached hydrogens (primary N) is 1. The first-order chi connectivity index (χ1) is 13.8. The number of anilines is 1.